The van der Waals surface area contributed by atoms with Crippen molar-refractivity contribution in [3.63, 3.8) is 0 Å². The van der Waals surface area contributed by atoms with Crippen molar-refractivity contribution >= 4 is 28.3 Å². The Hall–Kier alpha value is -4.12. The maximum atomic E-state index is 12.7. The standard InChI is InChI=1S/C24H16N4O2S/c25-12-15-5-1-2-6-18(15)21-10-9-17(30-21)11-16(13-26)23(29)28-24-20(14-27)19-7-3-4-8-22(19)31-24/h1-2,5-6,9-11H,3-4,7-8H2,(H,28,29)/b16-11+. The number of hydrogen-bond acceptors (Lipinski definition) is 6. The van der Waals surface area contributed by atoms with Gasteiger partial charge in [0.05, 0.1) is 17.2 Å². The number of furan rings is 1. The number of carbonyl (C=O) groups is 1. The number of nitrogens with one attached hydrogen (secondary N) is 1. The molecule has 2 aromatic heterocycles. The lowest BCUT2D eigenvalue weighted by Crippen LogP contribution is -2.13. The van der Waals surface area contributed by atoms with Gasteiger partial charge in [-0.1, -0.05) is 12.1 Å². The summed E-state index contributed by atoms with van der Waals surface area (Å²) in [5, 5.41) is 31.5. The van der Waals surface area contributed by atoms with E-state index in [1.807, 2.05) is 6.07 Å². The molecule has 0 atom stereocenters. The first-order valence-corrected chi connectivity index (χ1v) is 10.5. The molecule has 150 valence electrons. The van der Waals surface area contributed by atoms with E-state index in [-0.39, 0.29) is 5.57 Å². The molecular formula is C24H16N4O2S. The third-order valence-electron chi connectivity index (χ3n) is 5.10. The topological polar surface area (TPSA) is 114 Å². The van der Waals surface area contributed by atoms with E-state index in [0.717, 1.165) is 36.1 Å². The number of aryl methyl sites for hydroxylation is 1. The number of hydrogen-bond donors (Lipinski definition) is 1. The molecule has 0 saturated carbocycles. The minimum absolute atomic E-state index is 0.135. The van der Waals surface area contributed by atoms with Crippen LogP contribution in [0.2, 0.25) is 0 Å². The second-order valence-corrected chi connectivity index (χ2v) is 8.12. The Morgan fingerprint density at radius 1 is 1.06 bits per heavy atom. The fourth-order valence-electron chi connectivity index (χ4n) is 3.60. The lowest BCUT2D eigenvalue weighted by molar-refractivity contribution is -0.112. The highest BCUT2D eigenvalue weighted by molar-refractivity contribution is 7.16. The second-order valence-electron chi connectivity index (χ2n) is 7.01. The quantitative estimate of drug-likeness (QED) is 0.458. The molecule has 2 heterocycles. The van der Waals surface area contributed by atoms with Crippen LogP contribution in [0.4, 0.5) is 5.00 Å². The Morgan fingerprint density at radius 3 is 2.65 bits per heavy atom. The molecule has 3 aromatic rings. The van der Waals surface area contributed by atoms with Crippen LogP contribution in [0.15, 0.2) is 46.4 Å². The fraction of sp³-hybridized carbons (Fsp3) is 0.167. The van der Waals surface area contributed by atoms with Crippen molar-refractivity contribution in [1.29, 1.82) is 15.8 Å². The molecule has 1 amide bonds. The Labute approximate surface area is 183 Å². The number of benzene rings is 1. The molecule has 0 saturated heterocycles. The van der Waals surface area contributed by atoms with Crippen molar-refractivity contribution in [2.75, 3.05) is 5.32 Å². The minimum atomic E-state index is -0.590. The number of anilines is 1. The monoisotopic (exact) mass is 424 g/mol. The third kappa shape index (κ3) is 3.98. The first kappa shape index (κ1) is 20.2. The highest BCUT2D eigenvalue weighted by atomic mass is 32.1. The summed E-state index contributed by atoms with van der Waals surface area (Å²) in [4.78, 5) is 13.8. The smallest absolute Gasteiger partial charge is 0.267 e. The largest absolute Gasteiger partial charge is 0.457 e. The van der Waals surface area contributed by atoms with Crippen molar-refractivity contribution in [3.8, 4) is 29.5 Å². The number of amides is 1. The molecule has 0 radical (unpaired) electrons. The maximum absolute atomic E-state index is 12.7. The molecule has 1 aliphatic rings. The Kier molecular flexibility index (Phi) is 5.67. The summed E-state index contributed by atoms with van der Waals surface area (Å²) in [5.41, 5.74) is 2.48. The summed E-state index contributed by atoms with van der Waals surface area (Å²) < 4.78 is 5.75. The summed E-state index contributed by atoms with van der Waals surface area (Å²) in [6, 6.07) is 16.6. The van der Waals surface area contributed by atoms with E-state index in [9.17, 15) is 20.6 Å². The minimum Gasteiger partial charge on any atom is -0.457 e. The van der Waals surface area contributed by atoms with Gasteiger partial charge in [0.15, 0.2) is 0 Å². The van der Waals surface area contributed by atoms with E-state index in [0.29, 0.717) is 33.2 Å². The number of carbonyl (C=O) groups excluding carboxylic acids is 1. The zero-order valence-corrected chi connectivity index (χ0v) is 17.3. The van der Waals surface area contributed by atoms with Crippen LogP contribution in [0.1, 0.15) is 40.2 Å². The molecule has 0 spiro atoms. The molecule has 31 heavy (non-hydrogen) atoms. The van der Waals surface area contributed by atoms with Crippen molar-refractivity contribution in [1.82, 2.24) is 0 Å². The Bertz CT molecular complexity index is 1320. The van der Waals surface area contributed by atoms with Gasteiger partial charge in [-0.3, -0.25) is 4.79 Å². The SMILES string of the molecule is N#C/C(=C\c1ccc(-c2ccccc2C#N)o1)C(=O)Nc1sc2c(c1C#N)CCCC2. The van der Waals surface area contributed by atoms with Crippen molar-refractivity contribution < 1.29 is 9.21 Å². The summed E-state index contributed by atoms with van der Waals surface area (Å²) >= 11 is 1.41. The van der Waals surface area contributed by atoms with Crippen LogP contribution in [0.25, 0.3) is 17.4 Å². The van der Waals surface area contributed by atoms with Crippen molar-refractivity contribution in [3.05, 3.63) is 69.3 Å². The predicted octanol–water partition coefficient (Wildman–Crippen LogP) is 5.18. The zero-order chi connectivity index (χ0) is 21.8. The van der Waals surface area contributed by atoms with Crippen molar-refractivity contribution in [2.24, 2.45) is 0 Å². The summed E-state index contributed by atoms with van der Waals surface area (Å²) in [7, 11) is 0. The molecule has 6 nitrogen and oxygen atoms in total. The molecule has 7 heteroatoms. The van der Waals surface area contributed by atoms with Crippen LogP contribution >= 0.6 is 11.3 Å². The summed E-state index contributed by atoms with van der Waals surface area (Å²) in [5.74, 6) is 0.201. The van der Waals surface area contributed by atoms with Gasteiger partial charge in [-0.25, -0.2) is 0 Å². The Morgan fingerprint density at radius 2 is 1.87 bits per heavy atom. The maximum Gasteiger partial charge on any atom is 0.267 e. The third-order valence-corrected chi connectivity index (χ3v) is 6.31. The van der Waals surface area contributed by atoms with E-state index in [2.05, 4.69) is 17.5 Å². The van der Waals surface area contributed by atoms with Crippen LogP contribution in [0.3, 0.4) is 0 Å². The average molecular weight is 424 g/mol. The van der Waals surface area contributed by atoms with Gasteiger partial charge in [0.2, 0.25) is 0 Å². The lowest BCUT2D eigenvalue weighted by atomic mass is 9.96. The molecule has 4 rings (SSSR count). The van der Waals surface area contributed by atoms with E-state index in [1.165, 1.54) is 17.4 Å². The highest BCUT2D eigenvalue weighted by Gasteiger charge is 2.23. The van der Waals surface area contributed by atoms with Crippen LogP contribution in [0, 0.1) is 34.0 Å². The molecule has 1 aromatic carbocycles. The van der Waals surface area contributed by atoms with Crippen LogP contribution in [-0.2, 0) is 17.6 Å². The fourth-order valence-corrected chi connectivity index (χ4v) is 4.84. The predicted molar refractivity (Wildman–Crippen MR) is 117 cm³/mol. The van der Waals surface area contributed by atoms with Crippen LogP contribution in [0.5, 0.6) is 0 Å². The van der Waals surface area contributed by atoms with Crippen LogP contribution in [-0.4, -0.2) is 5.91 Å². The Balaban J connectivity index is 1.59. The van der Waals surface area contributed by atoms with Gasteiger partial charge in [-0.2, -0.15) is 15.8 Å². The van der Waals surface area contributed by atoms with E-state index < -0.39 is 5.91 Å². The van der Waals surface area contributed by atoms with Gasteiger partial charge >= 0.3 is 0 Å². The number of nitrogens with zero attached hydrogens (tertiary/aromatic N) is 3. The first-order valence-electron chi connectivity index (χ1n) is 9.71. The van der Waals surface area contributed by atoms with Gasteiger partial charge in [0.25, 0.3) is 5.91 Å². The van der Waals surface area contributed by atoms with Gasteiger partial charge in [0, 0.05) is 16.5 Å². The molecule has 0 fully saturated rings. The van der Waals surface area contributed by atoms with E-state index in [4.69, 9.17) is 4.42 Å². The number of fused-ring (bicyclic) bond motifs is 1. The lowest BCUT2D eigenvalue weighted by Gasteiger charge is -2.09. The second kappa shape index (κ2) is 8.71. The number of rotatable bonds is 4. The van der Waals surface area contributed by atoms with E-state index in [1.54, 1.807) is 36.4 Å². The number of thiophene rings is 1. The molecule has 0 unspecified atom stereocenters. The molecule has 0 bridgehead atoms. The van der Waals surface area contributed by atoms with Gasteiger partial charge in [-0.15, -0.1) is 11.3 Å². The molecule has 1 N–H and O–H groups in total. The van der Waals surface area contributed by atoms with E-state index >= 15 is 0 Å². The summed E-state index contributed by atoms with van der Waals surface area (Å²) in [6.07, 6.45) is 5.21. The number of nitriles is 3. The van der Waals surface area contributed by atoms with Gasteiger partial charge in [0.1, 0.15) is 34.2 Å². The zero-order valence-electron chi connectivity index (χ0n) is 16.4. The normalized spacial score (nSPS) is 12.9. The van der Waals surface area contributed by atoms with Crippen molar-refractivity contribution in [2.45, 2.75) is 25.7 Å². The molecule has 1 aliphatic carbocycles. The molecule has 0 aliphatic heterocycles. The van der Waals surface area contributed by atoms with Crippen LogP contribution < -0.4 is 5.32 Å². The molecular weight excluding hydrogens is 408 g/mol. The van der Waals surface area contributed by atoms with Gasteiger partial charge < -0.3 is 9.73 Å². The highest BCUT2D eigenvalue weighted by Crippen LogP contribution is 2.37. The average Bonchev–Trinajstić information content (AvgIpc) is 3.41. The first-order chi connectivity index (χ1) is 15.1. The van der Waals surface area contributed by atoms with Gasteiger partial charge in [-0.05, 0) is 55.5 Å². The summed E-state index contributed by atoms with van der Waals surface area (Å²) in [6.45, 7) is 0.